The van der Waals surface area contributed by atoms with Crippen molar-refractivity contribution in [1.29, 1.82) is 0 Å². The molecule has 2 aliphatic heterocycles. The highest BCUT2D eigenvalue weighted by Crippen LogP contribution is 2.51. The number of benzene rings is 1. The van der Waals surface area contributed by atoms with E-state index < -0.39 is 17.6 Å². The Morgan fingerprint density at radius 1 is 1.40 bits per heavy atom. The molecule has 3 rings (SSSR count). The van der Waals surface area contributed by atoms with E-state index in [9.17, 15) is 14.7 Å². The molecule has 2 heterocycles. The van der Waals surface area contributed by atoms with E-state index >= 15 is 0 Å². The van der Waals surface area contributed by atoms with Crippen molar-refractivity contribution in [3.8, 4) is 0 Å². The maximum Gasteiger partial charge on any atom is 0.326 e. The van der Waals surface area contributed by atoms with Crippen LogP contribution in [0.2, 0.25) is 0 Å². The third-order valence-corrected chi connectivity index (χ3v) is 4.89. The van der Waals surface area contributed by atoms with E-state index in [1.54, 1.807) is 18.9 Å². The van der Waals surface area contributed by atoms with E-state index in [0.29, 0.717) is 0 Å². The van der Waals surface area contributed by atoms with E-state index in [1.165, 1.54) is 0 Å². The van der Waals surface area contributed by atoms with E-state index in [0.717, 1.165) is 5.56 Å². The number of ether oxygens (including phenoxy) is 1. The van der Waals surface area contributed by atoms with Crippen LogP contribution in [0.25, 0.3) is 0 Å². The molecule has 0 unspecified atom stereocenters. The number of rotatable bonds is 2. The van der Waals surface area contributed by atoms with Gasteiger partial charge in [-0.1, -0.05) is 30.3 Å². The number of hydrogen-bond acceptors (Lipinski definition) is 4. The van der Waals surface area contributed by atoms with Crippen LogP contribution in [0.1, 0.15) is 18.4 Å². The molecule has 0 bridgehead atoms. The summed E-state index contributed by atoms with van der Waals surface area (Å²) in [6.07, 6.45) is 0. The fraction of sp³-hybridized carbons (Fsp3) is 0.467. The third-order valence-electron chi connectivity index (χ3n) is 4.89. The molecule has 5 nitrogen and oxygen atoms in total. The van der Waals surface area contributed by atoms with Gasteiger partial charge in [0.15, 0.2) is 0 Å². The average molecular weight is 275 g/mol. The molecule has 20 heavy (non-hydrogen) atoms. The van der Waals surface area contributed by atoms with E-state index in [4.69, 9.17) is 4.74 Å². The molecule has 0 aromatic heterocycles. The van der Waals surface area contributed by atoms with Crippen LogP contribution in [0.15, 0.2) is 30.3 Å². The molecule has 5 heteroatoms. The first-order chi connectivity index (χ1) is 9.48. The van der Waals surface area contributed by atoms with Gasteiger partial charge in [-0.2, -0.15) is 0 Å². The lowest BCUT2D eigenvalue weighted by Gasteiger charge is -2.29. The Balaban J connectivity index is 2.11. The van der Waals surface area contributed by atoms with Gasteiger partial charge in [0.25, 0.3) is 0 Å². The molecule has 2 fully saturated rings. The standard InChI is InChI=1S/C15H17NO4/c1-15-10(8-20-14(15)19)11(9-6-4-3-5-7-9)12(13(17)18)16(15)2/h3-7,10-12H,8H2,1-2H3,(H,17,18)/t10-,11-,12-,15+/m0/s1. The van der Waals surface area contributed by atoms with Crippen molar-refractivity contribution in [3.05, 3.63) is 35.9 Å². The predicted octanol–water partition coefficient (Wildman–Crippen LogP) is 1.10. The van der Waals surface area contributed by atoms with Gasteiger partial charge in [0.1, 0.15) is 11.6 Å². The number of carbonyl (C=O) groups excluding carboxylic acids is 1. The van der Waals surface area contributed by atoms with Gasteiger partial charge in [-0.3, -0.25) is 14.5 Å². The van der Waals surface area contributed by atoms with Crippen LogP contribution in [0.5, 0.6) is 0 Å². The lowest BCUT2D eigenvalue weighted by molar-refractivity contribution is -0.150. The van der Waals surface area contributed by atoms with Crippen LogP contribution in [0, 0.1) is 5.92 Å². The number of nitrogens with zero attached hydrogens (tertiary/aromatic N) is 1. The zero-order chi connectivity index (χ0) is 14.5. The smallest absolute Gasteiger partial charge is 0.326 e. The van der Waals surface area contributed by atoms with Crippen LogP contribution in [-0.4, -0.2) is 47.2 Å². The van der Waals surface area contributed by atoms with E-state index in [2.05, 4.69) is 0 Å². The fourth-order valence-corrected chi connectivity index (χ4v) is 3.64. The number of aliphatic carboxylic acids is 1. The number of fused-ring (bicyclic) bond motifs is 1. The maximum atomic E-state index is 12.1. The van der Waals surface area contributed by atoms with E-state index in [-0.39, 0.29) is 24.4 Å². The van der Waals surface area contributed by atoms with Gasteiger partial charge in [0.05, 0.1) is 6.61 Å². The summed E-state index contributed by atoms with van der Waals surface area (Å²) in [5, 5.41) is 9.58. The van der Waals surface area contributed by atoms with Gasteiger partial charge in [0, 0.05) is 11.8 Å². The number of esters is 1. The first-order valence-electron chi connectivity index (χ1n) is 6.66. The van der Waals surface area contributed by atoms with Crippen LogP contribution < -0.4 is 0 Å². The monoisotopic (exact) mass is 275 g/mol. The zero-order valence-corrected chi connectivity index (χ0v) is 11.4. The number of carbonyl (C=O) groups is 2. The molecule has 0 radical (unpaired) electrons. The minimum absolute atomic E-state index is 0.136. The molecule has 4 atom stereocenters. The lowest BCUT2D eigenvalue weighted by atomic mass is 9.78. The molecule has 0 aliphatic carbocycles. The van der Waals surface area contributed by atoms with E-state index in [1.807, 2.05) is 30.3 Å². The number of carboxylic acid groups (broad SMARTS) is 1. The van der Waals surface area contributed by atoms with Crippen molar-refractivity contribution in [1.82, 2.24) is 4.90 Å². The van der Waals surface area contributed by atoms with Crippen molar-refractivity contribution in [3.63, 3.8) is 0 Å². The second kappa shape index (κ2) is 4.31. The van der Waals surface area contributed by atoms with Crippen LogP contribution >= 0.6 is 0 Å². The SMILES string of the molecule is CN1[C@H](C(=O)O)[C@@H](c2ccccc2)[C@@H]2COC(=O)[C@@]21C. The predicted molar refractivity (Wildman–Crippen MR) is 71.2 cm³/mol. The van der Waals surface area contributed by atoms with Crippen LogP contribution in [0.3, 0.4) is 0 Å². The molecule has 106 valence electrons. The molecule has 2 saturated heterocycles. The Kier molecular flexibility index (Phi) is 2.83. The summed E-state index contributed by atoms with van der Waals surface area (Å²) in [4.78, 5) is 25.4. The van der Waals surface area contributed by atoms with Crippen molar-refractivity contribution >= 4 is 11.9 Å². The van der Waals surface area contributed by atoms with Crippen molar-refractivity contribution in [2.24, 2.45) is 5.92 Å². The highest BCUT2D eigenvalue weighted by molar-refractivity contribution is 5.87. The highest BCUT2D eigenvalue weighted by Gasteiger charge is 2.65. The quantitative estimate of drug-likeness (QED) is 0.819. The average Bonchev–Trinajstić information content (AvgIpc) is 2.85. The van der Waals surface area contributed by atoms with Gasteiger partial charge in [0.2, 0.25) is 0 Å². The number of hydrogen-bond donors (Lipinski definition) is 1. The normalized spacial score (nSPS) is 36.7. The first kappa shape index (κ1) is 13.1. The molecule has 0 amide bonds. The highest BCUT2D eigenvalue weighted by atomic mass is 16.5. The molecule has 1 aromatic rings. The summed E-state index contributed by atoms with van der Waals surface area (Å²) >= 11 is 0. The molecule has 2 aliphatic rings. The van der Waals surface area contributed by atoms with Crippen LogP contribution in [-0.2, 0) is 14.3 Å². The van der Waals surface area contributed by atoms with Crippen molar-refractivity contribution < 1.29 is 19.4 Å². The Morgan fingerprint density at radius 2 is 2.05 bits per heavy atom. The summed E-state index contributed by atoms with van der Waals surface area (Å²) in [6.45, 7) is 2.06. The van der Waals surface area contributed by atoms with Gasteiger partial charge in [-0.25, -0.2) is 0 Å². The minimum Gasteiger partial charge on any atom is -0.480 e. The summed E-state index contributed by atoms with van der Waals surface area (Å²) in [7, 11) is 1.70. The van der Waals surface area contributed by atoms with Crippen molar-refractivity contribution in [2.75, 3.05) is 13.7 Å². The number of likely N-dealkylation sites (tertiary alicyclic amines) is 1. The molecule has 0 spiro atoms. The van der Waals surface area contributed by atoms with Crippen LogP contribution in [0.4, 0.5) is 0 Å². The Bertz CT molecular complexity index is 558. The lowest BCUT2D eigenvalue weighted by Crippen LogP contribution is -2.50. The number of carboxylic acids is 1. The third kappa shape index (κ3) is 1.53. The molecule has 0 saturated carbocycles. The zero-order valence-electron chi connectivity index (χ0n) is 11.4. The summed E-state index contributed by atoms with van der Waals surface area (Å²) in [5.74, 6) is -1.60. The molecular weight excluding hydrogens is 258 g/mol. The summed E-state index contributed by atoms with van der Waals surface area (Å²) in [5.41, 5.74) is 0.0857. The van der Waals surface area contributed by atoms with Gasteiger partial charge < -0.3 is 9.84 Å². The fourth-order valence-electron chi connectivity index (χ4n) is 3.64. The largest absolute Gasteiger partial charge is 0.480 e. The summed E-state index contributed by atoms with van der Waals surface area (Å²) in [6, 6.07) is 8.81. The van der Waals surface area contributed by atoms with Gasteiger partial charge in [-0.15, -0.1) is 0 Å². The molecule has 1 N–H and O–H groups in total. The Hall–Kier alpha value is -1.88. The van der Waals surface area contributed by atoms with Gasteiger partial charge in [-0.05, 0) is 19.5 Å². The first-order valence-corrected chi connectivity index (χ1v) is 6.66. The Morgan fingerprint density at radius 3 is 2.65 bits per heavy atom. The second-order valence-corrected chi connectivity index (χ2v) is 5.68. The van der Waals surface area contributed by atoms with Crippen molar-refractivity contribution in [2.45, 2.75) is 24.4 Å². The second-order valence-electron chi connectivity index (χ2n) is 5.68. The van der Waals surface area contributed by atoms with Gasteiger partial charge >= 0.3 is 11.9 Å². The molecular formula is C15H17NO4. The number of likely N-dealkylation sites (N-methyl/N-ethyl adjacent to an activating group) is 1. The minimum atomic E-state index is -0.898. The number of cyclic esters (lactones) is 1. The topological polar surface area (TPSA) is 66.8 Å². The molecule has 1 aromatic carbocycles. The Labute approximate surface area is 117 Å². The summed E-state index contributed by atoms with van der Waals surface area (Å²) < 4.78 is 5.20. The maximum absolute atomic E-state index is 12.1.